The molecular formula is C14H21N3O2. The van der Waals surface area contributed by atoms with Gasteiger partial charge in [0.2, 0.25) is 0 Å². The second kappa shape index (κ2) is 6.52. The number of hydrogen-bond donors (Lipinski definition) is 2. The Morgan fingerprint density at radius 2 is 2.16 bits per heavy atom. The van der Waals surface area contributed by atoms with Gasteiger partial charge >= 0.3 is 0 Å². The molecule has 2 heterocycles. The highest BCUT2D eigenvalue weighted by molar-refractivity contribution is 5.94. The van der Waals surface area contributed by atoms with Gasteiger partial charge in [0.05, 0.1) is 0 Å². The first-order valence-electron chi connectivity index (χ1n) is 6.93. The number of carbonyl (C=O) groups is 1. The van der Waals surface area contributed by atoms with E-state index in [1.54, 1.807) is 6.20 Å². The van der Waals surface area contributed by atoms with Gasteiger partial charge in [-0.3, -0.25) is 9.59 Å². The van der Waals surface area contributed by atoms with Crippen molar-refractivity contribution in [3.8, 4) is 0 Å². The summed E-state index contributed by atoms with van der Waals surface area (Å²) in [5.74, 6) is -0.143. The van der Waals surface area contributed by atoms with E-state index in [2.05, 4.69) is 17.2 Å². The molecule has 0 spiro atoms. The average Bonchev–Trinajstić information content (AvgIpc) is 2.45. The molecule has 1 aliphatic rings. The number of rotatable bonds is 4. The largest absolute Gasteiger partial charge is 0.367 e. The van der Waals surface area contributed by atoms with E-state index in [4.69, 9.17) is 0 Å². The van der Waals surface area contributed by atoms with Crippen molar-refractivity contribution < 1.29 is 4.79 Å². The molecule has 5 heteroatoms. The van der Waals surface area contributed by atoms with Crippen LogP contribution in [0.2, 0.25) is 0 Å². The molecule has 1 aliphatic heterocycles. The summed E-state index contributed by atoms with van der Waals surface area (Å²) in [5.41, 5.74) is 0.0354. The van der Waals surface area contributed by atoms with Crippen LogP contribution in [0.1, 0.15) is 36.5 Å². The molecule has 0 bridgehead atoms. The lowest BCUT2D eigenvalue weighted by atomic mass is 10.0. The number of aromatic amines is 1. The smallest absolute Gasteiger partial charge is 0.259 e. The van der Waals surface area contributed by atoms with Gasteiger partial charge in [-0.15, -0.1) is 0 Å². The van der Waals surface area contributed by atoms with Crippen molar-refractivity contribution in [3.63, 3.8) is 0 Å². The number of H-pyrrole nitrogens is 1. The maximum absolute atomic E-state index is 12.5. The fourth-order valence-corrected chi connectivity index (χ4v) is 2.55. The summed E-state index contributed by atoms with van der Waals surface area (Å²) in [6.45, 7) is 4.63. The molecule has 0 unspecified atom stereocenters. The SMILES string of the molecule is CCCN(C(=O)c1c[nH]ccc1=O)C1CCNCC1. The van der Waals surface area contributed by atoms with Crippen molar-refractivity contribution in [2.45, 2.75) is 32.2 Å². The fraction of sp³-hybridized carbons (Fsp3) is 0.571. The van der Waals surface area contributed by atoms with Crippen LogP contribution in [-0.2, 0) is 0 Å². The number of nitrogens with one attached hydrogen (secondary N) is 2. The van der Waals surface area contributed by atoms with Crippen LogP contribution < -0.4 is 10.7 Å². The van der Waals surface area contributed by atoms with Gasteiger partial charge in [-0.2, -0.15) is 0 Å². The van der Waals surface area contributed by atoms with Crippen LogP contribution in [0.4, 0.5) is 0 Å². The number of carbonyl (C=O) groups excluding carboxylic acids is 1. The van der Waals surface area contributed by atoms with E-state index in [1.807, 2.05) is 4.90 Å². The first-order chi connectivity index (χ1) is 9.24. The minimum absolute atomic E-state index is 0.143. The summed E-state index contributed by atoms with van der Waals surface area (Å²) in [5, 5.41) is 3.30. The molecule has 1 fully saturated rings. The molecule has 0 aromatic carbocycles. The van der Waals surface area contributed by atoms with Crippen molar-refractivity contribution in [1.29, 1.82) is 0 Å². The van der Waals surface area contributed by atoms with E-state index < -0.39 is 0 Å². The summed E-state index contributed by atoms with van der Waals surface area (Å²) in [6, 6.07) is 1.65. The molecule has 1 aromatic heterocycles. The summed E-state index contributed by atoms with van der Waals surface area (Å²) in [6.07, 6.45) is 5.87. The molecular weight excluding hydrogens is 242 g/mol. The lowest BCUT2D eigenvalue weighted by Crippen LogP contribution is -2.47. The number of aromatic nitrogens is 1. The van der Waals surface area contributed by atoms with E-state index >= 15 is 0 Å². The molecule has 19 heavy (non-hydrogen) atoms. The van der Waals surface area contributed by atoms with E-state index in [0.29, 0.717) is 6.54 Å². The highest BCUT2D eigenvalue weighted by atomic mass is 16.2. The Balaban J connectivity index is 2.20. The number of piperidine rings is 1. The second-order valence-electron chi connectivity index (χ2n) is 4.90. The second-order valence-corrected chi connectivity index (χ2v) is 4.90. The molecule has 1 saturated heterocycles. The minimum Gasteiger partial charge on any atom is -0.367 e. The lowest BCUT2D eigenvalue weighted by molar-refractivity contribution is 0.0641. The average molecular weight is 263 g/mol. The van der Waals surface area contributed by atoms with Crippen molar-refractivity contribution in [3.05, 3.63) is 34.2 Å². The van der Waals surface area contributed by atoms with Gasteiger partial charge in [0.1, 0.15) is 5.56 Å². The highest BCUT2D eigenvalue weighted by Gasteiger charge is 2.26. The summed E-state index contributed by atoms with van der Waals surface area (Å²) in [7, 11) is 0. The summed E-state index contributed by atoms with van der Waals surface area (Å²) in [4.78, 5) is 29.0. The van der Waals surface area contributed by atoms with Crippen LogP contribution in [0.3, 0.4) is 0 Å². The Hall–Kier alpha value is -1.62. The van der Waals surface area contributed by atoms with Crippen LogP contribution >= 0.6 is 0 Å². The van der Waals surface area contributed by atoms with Crippen LogP contribution in [0.25, 0.3) is 0 Å². The molecule has 2 N–H and O–H groups in total. The van der Waals surface area contributed by atoms with Gasteiger partial charge in [-0.1, -0.05) is 6.92 Å². The van der Waals surface area contributed by atoms with Crippen LogP contribution in [0.5, 0.6) is 0 Å². The van der Waals surface area contributed by atoms with Crippen molar-refractivity contribution in [1.82, 2.24) is 15.2 Å². The predicted octanol–water partition coefficient (Wildman–Crippen LogP) is 0.979. The number of nitrogens with zero attached hydrogens (tertiary/aromatic N) is 1. The van der Waals surface area contributed by atoms with Crippen molar-refractivity contribution >= 4 is 5.91 Å². The molecule has 104 valence electrons. The van der Waals surface area contributed by atoms with Gasteiger partial charge in [0.15, 0.2) is 5.43 Å². The number of pyridine rings is 1. The van der Waals surface area contributed by atoms with Crippen molar-refractivity contribution in [2.24, 2.45) is 0 Å². The first-order valence-corrected chi connectivity index (χ1v) is 6.93. The van der Waals surface area contributed by atoms with E-state index in [9.17, 15) is 9.59 Å². The molecule has 2 rings (SSSR count). The van der Waals surface area contributed by atoms with Gasteiger partial charge < -0.3 is 15.2 Å². The first kappa shape index (κ1) is 13.8. The minimum atomic E-state index is -0.209. The Bertz CT molecular complexity index is 478. The van der Waals surface area contributed by atoms with Crippen LogP contribution in [0, 0.1) is 0 Å². The Morgan fingerprint density at radius 1 is 1.42 bits per heavy atom. The van der Waals surface area contributed by atoms with Crippen molar-refractivity contribution in [2.75, 3.05) is 19.6 Å². The molecule has 5 nitrogen and oxygen atoms in total. The van der Waals surface area contributed by atoms with E-state index in [0.717, 1.165) is 32.4 Å². The topological polar surface area (TPSA) is 65.2 Å². The Labute approximate surface area is 113 Å². The quantitative estimate of drug-likeness (QED) is 0.851. The zero-order valence-corrected chi connectivity index (χ0v) is 11.3. The molecule has 1 aromatic rings. The zero-order chi connectivity index (χ0) is 13.7. The highest BCUT2D eigenvalue weighted by Crippen LogP contribution is 2.14. The van der Waals surface area contributed by atoms with E-state index in [-0.39, 0.29) is 22.9 Å². The summed E-state index contributed by atoms with van der Waals surface area (Å²) < 4.78 is 0. The maximum atomic E-state index is 12.5. The van der Waals surface area contributed by atoms with Gasteiger partial charge in [0.25, 0.3) is 5.91 Å². The Kier molecular flexibility index (Phi) is 4.74. The monoisotopic (exact) mass is 263 g/mol. The maximum Gasteiger partial charge on any atom is 0.259 e. The zero-order valence-electron chi connectivity index (χ0n) is 11.3. The number of hydrogen-bond acceptors (Lipinski definition) is 3. The fourth-order valence-electron chi connectivity index (χ4n) is 2.55. The van der Waals surface area contributed by atoms with Crippen LogP contribution in [-0.4, -0.2) is 41.5 Å². The van der Waals surface area contributed by atoms with Crippen LogP contribution in [0.15, 0.2) is 23.3 Å². The number of amides is 1. The van der Waals surface area contributed by atoms with Gasteiger partial charge in [0, 0.05) is 31.0 Å². The molecule has 0 saturated carbocycles. The predicted molar refractivity (Wildman–Crippen MR) is 74.3 cm³/mol. The third-order valence-corrected chi connectivity index (χ3v) is 3.53. The standard InChI is InChI=1S/C14H21N3O2/c1-2-9-17(11-3-6-15-7-4-11)14(19)12-10-16-8-5-13(12)18/h5,8,10-11,15H,2-4,6-7,9H2,1H3,(H,16,18). The third-order valence-electron chi connectivity index (χ3n) is 3.53. The normalized spacial score (nSPS) is 16.3. The molecule has 1 amide bonds. The molecule has 0 atom stereocenters. The lowest BCUT2D eigenvalue weighted by Gasteiger charge is -2.34. The molecule has 0 radical (unpaired) electrons. The Morgan fingerprint density at radius 3 is 2.79 bits per heavy atom. The van der Waals surface area contributed by atoms with Gasteiger partial charge in [-0.05, 0) is 32.4 Å². The van der Waals surface area contributed by atoms with Gasteiger partial charge in [-0.25, -0.2) is 0 Å². The third kappa shape index (κ3) is 3.23. The van der Waals surface area contributed by atoms with E-state index in [1.165, 1.54) is 12.3 Å². The molecule has 0 aliphatic carbocycles. The summed E-state index contributed by atoms with van der Waals surface area (Å²) >= 11 is 0.